The van der Waals surface area contributed by atoms with Crippen molar-refractivity contribution in [3.63, 3.8) is 0 Å². The molecule has 0 saturated heterocycles. The fourth-order valence-corrected chi connectivity index (χ4v) is 3.98. The van der Waals surface area contributed by atoms with E-state index in [9.17, 15) is 9.18 Å². The van der Waals surface area contributed by atoms with Crippen LogP contribution < -0.4 is 20.7 Å². The first-order chi connectivity index (χ1) is 16.9. The molecule has 0 fully saturated rings. The van der Waals surface area contributed by atoms with Crippen molar-refractivity contribution < 1.29 is 18.3 Å². The quantitative estimate of drug-likeness (QED) is 0.518. The summed E-state index contributed by atoms with van der Waals surface area (Å²) in [6, 6.07) is 5.87. The molecule has 0 unspecified atom stereocenters. The van der Waals surface area contributed by atoms with Gasteiger partial charge in [-0.15, -0.1) is 0 Å². The molecule has 0 spiro atoms. The highest BCUT2D eigenvalue weighted by molar-refractivity contribution is 5.73. The first-order valence-corrected chi connectivity index (χ1v) is 11.5. The minimum Gasteiger partial charge on any atom is -0.481 e. The van der Waals surface area contributed by atoms with Crippen LogP contribution in [0.15, 0.2) is 36.7 Å². The summed E-state index contributed by atoms with van der Waals surface area (Å²) in [6.07, 6.45) is 2.60. The highest BCUT2D eigenvalue weighted by Crippen LogP contribution is 2.42. The molecule has 190 valence electrons. The fraction of sp³-hybridized carbons (Fsp3) is 0.360. The lowest BCUT2D eigenvalue weighted by Gasteiger charge is -2.43. The van der Waals surface area contributed by atoms with Crippen LogP contribution in [0, 0.1) is 11.6 Å². The molecule has 3 aromatic rings. The molecule has 9 nitrogen and oxygen atoms in total. The molecule has 0 radical (unpaired) electrons. The number of nitrogens with two attached hydrogens (primary N) is 1. The number of nitrogens with one attached hydrogen (secondary N) is 1. The maximum absolute atomic E-state index is 15.2. The second kappa shape index (κ2) is 9.56. The van der Waals surface area contributed by atoms with Gasteiger partial charge in [-0.2, -0.15) is 0 Å². The van der Waals surface area contributed by atoms with Gasteiger partial charge >= 0.3 is 6.03 Å². The minimum absolute atomic E-state index is 0.0533. The Bertz CT molecular complexity index is 1280. The molecule has 36 heavy (non-hydrogen) atoms. The molecular formula is C25H29F2N7O2. The smallest absolute Gasteiger partial charge is 0.314 e. The Morgan fingerprint density at radius 3 is 2.61 bits per heavy atom. The van der Waals surface area contributed by atoms with Gasteiger partial charge in [-0.25, -0.2) is 28.5 Å². The first kappa shape index (κ1) is 25.1. The van der Waals surface area contributed by atoms with Gasteiger partial charge in [0.25, 0.3) is 0 Å². The zero-order valence-corrected chi connectivity index (χ0v) is 20.8. The Hall–Kier alpha value is -4.02. The number of ether oxygens (including phenoxy) is 1. The summed E-state index contributed by atoms with van der Waals surface area (Å²) < 4.78 is 35.9. The lowest BCUT2D eigenvalue weighted by atomic mass is 10.0. The molecule has 4 rings (SSSR count). The van der Waals surface area contributed by atoms with Crippen LogP contribution >= 0.6 is 0 Å². The van der Waals surface area contributed by atoms with Crippen molar-refractivity contribution in [3.8, 4) is 17.0 Å². The van der Waals surface area contributed by atoms with E-state index in [-0.39, 0.29) is 29.0 Å². The average Bonchev–Trinajstić information content (AvgIpc) is 2.81. The third kappa shape index (κ3) is 5.29. The van der Waals surface area contributed by atoms with Gasteiger partial charge in [0.1, 0.15) is 17.1 Å². The lowest BCUT2D eigenvalue weighted by molar-refractivity contribution is 0.0967. The number of carbonyl (C=O) groups is 1. The number of rotatable bonds is 6. The summed E-state index contributed by atoms with van der Waals surface area (Å²) in [7, 11) is 1.58. The normalized spacial score (nSPS) is 14.3. The number of primary amides is 1. The molecule has 0 saturated carbocycles. The van der Waals surface area contributed by atoms with E-state index in [0.29, 0.717) is 24.6 Å². The average molecular weight is 498 g/mol. The van der Waals surface area contributed by atoms with Crippen LogP contribution in [0.1, 0.15) is 33.3 Å². The minimum atomic E-state index is -0.689. The number of hydrogen-bond donors (Lipinski definition) is 2. The molecule has 0 atom stereocenters. The highest BCUT2D eigenvalue weighted by atomic mass is 19.1. The summed E-state index contributed by atoms with van der Waals surface area (Å²) in [5.41, 5.74) is 6.20. The topological polar surface area (TPSA) is 110 Å². The number of pyridine rings is 1. The number of anilines is 3. The van der Waals surface area contributed by atoms with Crippen molar-refractivity contribution in [1.29, 1.82) is 0 Å². The van der Waals surface area contributed by atoms with Gasteiger partial charge in [-0.1, -0.05) is 6.07 Å². The van der Waals surface area contributed by atoms with Crippen molar-refractivity contribution in [2.75, 3.05) is 23.8 Å². The molecule has 3 N–H and O–H groups in total. The Kier molecular flexibility index (Phi) is 6.66. The Balaban J connectivity index is 1.63. The van der Waals surface area contributed by atoms with Gasteiger partial charge in [0.15, 0.2) is 17.4 Å². The van der Waals surface area contributed by atoms with E-state index < -0.39 is 23.3 Å². The van der Waals surface area contributed by atoms with Gasteiger partial charge in [0.2, 0.25) is 5.95 Å². The number of benzene rings is 1. The number of amides is 2. The molecule has 2 amide bonds. The maximum atomic E-state index is 15.2. The monoisotopic (exact) mass is 497 g/mol. The van der Waals surface area contributed by atoms with Gasteiger partial charge in [0.05, 0.1) is 18.4 Å². The number of nitrogens with zero attached hydrogens (tertiary/aromatic N) is 5. The third-order valence-corrected chi connectivity index (χ3v) is 5.76. The van der Waals surface area contributed by atoms with Crippen LogP contribution in [0.4, 0.5) is 31.0 Å². The van der Waals surface area contributed by atoms with Crippen molar-refractivity contribution >= 4 is 23.5 Å². The Morgan fingerprint density at radius 1 is 1.22 bits per heavy atom. The molecule has 2 aromatic heterocycles. The molecule has 1 aliphatic heterocycles. The van der Waals surface area contributed by atoms with Gasteiger partial charge < -0.3 is 25.6 Å². The number of carbonyl (C=O) groups excluding carboxylic acids is 1. The zero-order chi connectivity index (χ0) is 26.2. The fourth-order valence-electron chi connectivity index (χ4n) is 3.98. The van der Waals surface area contributed by atoms with Crippen LogP contribution in [0.25, 0.3) is 11.3 Å². The Morgan fingerprint density at radius 2 is 1.97 bits per heavy atom. The van der Waals surface area contributed by atoms with Crippen molar-refractivity contribution in [2.24, 2.45) is 5.73 Å². The van der Waals surface area contributed by atoms with Crippen LogP contribution in [-0.2, 0) is 6.54 Å². The highest BCUT2D eigenvalue weighted by Gasteiger charge is 2.35. The molecule has 11 heteroatoms. The number of halogens is 2. The summed E-state index contributed by atoms with van der Waals surface area (Å²) in [5.74, 6) is -0.631. The number of hydrogen-bond acceptors (Lipinski definition) is 7. The maximum Gasteiger partial charge on any atom is 0.314 e. The van der Waals surface area contributed by atoms with Crippen molar-refractivity contribution in [3.05, 3.63) is 53.9 Å². The number of aromatic nitrogens is 3. The van der Waals surface area contributed by atoms with Crippen LogP contribution in [0.3, 0.4) is 0 Å². The van der Waals surface area contributed by atoms with Crippen molar-refractivity contribution in [2.45, 2.75) is 45.9 Å². The molecular weight excluding hydrogens is 468 g/mol. The summed E-state index contributed by atoms with van der Waals surface area (Å²) in [5, 5.41) is 2.93. The van der Waals surface area contributed by atoms with E-state index in [1.54, 1.807) is 31.4 Å². The molecule has 1 aromatic carbocycles. The summed E-state index contributed by atoms with van der Waals surface area (Å²) >= 11 is 0. The van der Waals surface area contributed by atoms with E-state index in [1.165, 1.54) is 11.0 Å². The van der Waals surface area contributed by atoms with E-state index in [0.717, 1.165) is 11.8 Å². The largest absolute Gasteiger partial charge is 0.481 e. The van der Waals surface area contributed by atoms with Gasteiger partial charge in [-0.3, -0.25) is 0 Å². The lowest BCUT2D eigenvalue weighted by Crippen LogP contribution is -2.49. The Labute approximate surface area is 208 Å². The first-order valence-electron chi connectivity index (χ1n) is 11.5. The van der Waals surface area contributed by atoms with Gasteiger partial charge in [0, 0.05) is 31.4 Å². The molecule has 0 aliphatic carbocycles. The van der Waals surface area contributed by atoms with E-state index in [4.69, 9.17) is 10.5 Å². The second-order valence-corrected chi connectivity index (χ2v) is 9.65. The standard InChI is InChI=1S/C25H29F2N7O2/c1-14(2)34-13-25(3,4)36-22-17(26)8-16(9-19(22)34)21-18(27)11-30-24(32-21)31-20-7-6-15(10-29-20)12-33(5)23(28)35/h6-11,14H,12-13H2,1-5H3,(H2,28,35)(H,29,30,31,32). The van der Waals surface area contributed by atoms with Crippen molar-refractivity contribution in [1.82, 2.24) is 19.9 Å². The van der Waals surface area contributed by atoms with E-state index in [1.807, 2.05) is 32.6 Å². The van der Waals surface area contributed by atoms with Crippen LogP contribution in [0.2, 0.25) is 0 Å². The number of urea groups is 1. The second-order valence-electron chi connectivity index (χ2n) is 9.65. The summed E-state index contributed by atoms with van der Waals surface area (Å²) in [6.45, 7) is 8.67. The predicted molar refractivity (Wildman–Crippen MR) is 133 cm³/mol. The summed E-state index contributed by atoms with van der Waals surface area (Å²) in [4.78, 5) is 27.1. The van der Waals surface area contributed by atoms with Crippen LogP contribution in [-0.4, -0.2) is 51.1 Å². The number of fused-ring (bicyclic) bond motifs is 1. The zero-order valence-electron chi connectivity index (χ0n) is 20.8. The molecule has 0 bridgehead atoms. The molecule has 1 aliphatic rings. The molecule has 3 heterocycles. The van der Waals surface area contributed by atoms with E-state index >= 15 is 4.39 Å². The SMILES string of the molecule is CC(C)N1CC(C)(C)Oc2c(F)cc(-c3nc(Nc4ccc(CN(C)C(N)=O)cn4)ncc3F)cc21. The van der Waals surface area contributed by atoms with Gasteiger partial charge in [-0.05, 0) is 51.5 Å². The van der Waals surface area contributed by atoms with Crippen LogP contribution in [0.5, 0.6) is 5.75 Å². The third-order valence-electron chi connectivity index (χ3n) is 5.76. The predicted octanol–water partition coefficient (Wildman–Crippen LogP) is 4.46. The van der Waals surface area contributed by atoms with E-state index in [2.05, 4.69) is 20.3 Å².